The quantitative estimate of drug-likeness (QED) is 0.456. The molecule has 0 bridgehead atoms. The fraction of sp³-hybridized carbons (Fsp3) is 0.400. The van der Waals surface area contributed by atoms with E-state index in [9.17, 15) is 18.5 Å². The summed E-state index contributed by atoms with van der Waals surface area (Å²) in [5.41, 5.74) is 0. The maximum absolute atomic E-state index is 11.3. The number of sulfone groups is 1. The Morgan fingerprint density at radius 2 is 2.29 bits per heavy atom. The Balaban J connectivity index is 3.03. The summed E-state index contributed by atoms with van der Waals surface area (Å²) < 4.78 is 22.4. The standard InChI is InChI=1S/C5H5ClN2O4S2/c6-1-2-14(11,12)5-7-3-4(13-5)8(9)10/h3H,1-2H2. The minimum atomic E-state index is -3.55. The van der Waals surface area contributed by atoms with Gasteiger partial charge in [-0.2, -0.15) is 0 Å². The van der Waals surface area contributed by atoms with Gasteiger partial charge in [0.05, 0.1) is 10.7 Å². The smallest absolute Gasteiger partial charge is 0.257 e. The van der Waals surface area contributed by atoms with Gasteiger partial charge in [0.15, 0.2) is 0 Å². The number of hydrogen-bond acceptors (Lipinski definition) is 6. The highest BCUT2D eigenvalue weighted by molar-refractivity contribution is 7.93. The molecule has 0 unspecified atom stereocenters. The molecule has 0 spiro atoms. The highest BCUT2D eigenvalue weighted by atomic mass is 35.5. The van der Waals surface area contributed by atoms with Crippen molar-refractivity contribution >= 4 is 37.8 Å². The van der Waals surface area contributed by atoms with Crippen molar-refractivity contribution in [2.75, 3.05) is 11.6 Å². The van der Waals surface area contributed by atoms with Crippen LogP contribution in [0.3, 0.4) is 0 Å². The molecule has 14 heavy (non-hydrogen) atoms. The second-order valence-corrected chi connectivity index (χ2v) is 5.90. The van der Waals surface area contributed by atoms with Gasteiger partial charge in [0, 0.05) is 5.88 Å². The van der Waals surface area contributed by atoms with Crippen molar-refractivity contribution in [3.05, 3.63) is 16.3 Å². The second kappa shape index (κ2) is 4.20. The van der Waals surface area contributed by atoms with Crippen LogP contribution in [0.5, 0.6) is 0 Å². The maximum Gasteiger partial charge on any atom is 0.344 e. The van der Waals surface area contributed by atoms with E-state index in [4.69, 9.17) is 11.6 Å². The van der Waals surface area contributed by atoms with E-state index in [-0.39, 0.29) is 21.0 Å². The summed E-state index contributed by atoms with van der Waals surface area (Å²) in [5, 5.41) is 9.96. The fourth-order valence-corrected chi connectivity index (χ4v) is 3.35. The van der Waals surface area contributed by atoms with E-state index in [2.05, 4.69) is 4.98 Å². The molecule has 0 aliphatic carbocycles. The molecule has 0 fully saturated rings. The first-order chi connectivity index (χ1) is 6.47. The van der Waals surface area contributed by atoms with Crippen LogP contribution in [0.25, 0.3) is 0 Å². The lowest BCUT2D eigenvalue weighted by Gasteiger charge is -1.93. The van der Waals surface area contributed by atoms with E-state index >= 15 is 0 Å². The number of hydrogen-bond donors (Lipinski definition) is 0. The molecule has 0 atom stereocenters. The predicted molar refractivity (Wildman–Crippen MR) is 51.5 cm³/mol. The highest BCUT2D eigenvalue weighted by Gasteiger charge is 2.22. The molecule has 0 saturated heterocycles. The molecule has 1 aromatic heterocycles. The minimum Gasteiger partial charge on any atom is -0.257 e. The summed E-state index contributed by atoms with van der Waals surface area (Å²) in [6.07, 6.45) is 0.922. The first-order valence-electron chi connectivity index (χ1n) is 3.36. The first kappa shape index (κ1) is 11.3. The third kappa shape index (κ3) is 2.40. The molecule has 1 aromatic rings. The zero-order chi connectivity index (χ0) is 10.8. The number of alkyl halides is 1. The lowest BCUT2D eigenvalue weighted by molar-refractivity contribution is -0.380. The number of halogens is 1. The SMILES string of the molecule is O=[N+]([O-])c1cnc(S(=O)(=O)CCCl)s1. The van der Waals surface area contributed by atoms with Gasteiger partial charge in [-0.25, -0.2) is 13.4 Å². The van der Waals surface area contributed by atoms with Crippen molar-refractivity contribution in [3.8, 4) is 0 Å². The normalized spacial score (nSPS) is 11.5. The van der Waals surface area contributed by atoms with Crippen molar-refractivity contribution < 1.29 is 13.3 Å². The molecule has 0 N–H and O–H groups in total. The van der Waals surface area contributed by atoms with Crippen molar-refractivity contribution in [2.45, 2.75) is 4.34 Å². The van der Waals surface area contributed by atoms with Crippen LogP contribution >= 0.6 is 22.9 Å². The van der Waals surface area contributed by atoms with E-state index in [0.29, 0.717) is 11.3 Å². The fourth-order valence-electron chi connectivity index (χ4n) is 0.667. The molecular formula is C5H5ClN2O4S2. The zero-order valence-corrected chi connectivity index (χ0v) is 9.10. The zero-order valence-electron chi connectivity index (χ0n) is 6.71. The molecule has 0 aliphatic rings. The van der Waals surface area contributed by atoms with Crippen molar-refractivity contribution in [1.29, 1.82) is 0 Å². The summed E-state index contributed by atoms with van der Waals surface area (Å²) in [7, 11) is -3.55. The van der Waals surface area contributed by atoms with E-state index in [1.807, 2.05) is 0 Å². The Bertz CT molecular complexity index is 440. The van der Waals surface area contributed by atoms with E-state index in [0.717, 1.165) is 6.20 Å². The summed E-state index contributed by atoms with van der Waals surface area (Å²) in [6, 6.07) is 0. The average molecular weight is 257 g/mol. The van der Waals surface area contributed by atoms with E-state index < -0.39 is 14.8 Å². The Labute approximate surface area is 88.6 Å². The van der Waals surface area contributed by atoms with Gasteiger partial charge < -0.3 is 0 Å². The Morgan fingerprint density at radius 1 is 1.64 bits per heavy atom. The van der Waals surface area contributed by atoms with Gasteiger partial charge in [-0.15, -0.1) is 11.6 Å². The molecule has 0 aromatic carbocycles. The summed E-state index contributed by atoms with van der Waals surface area (Å²) in [5.74, 6) is -0.324. The number of rotatable bonds is 4. The number of nitro groups is 1. The molecule has 0 aliphatic heterocycles. The van der Waals surface area contributed by atoms with Crippen LogP contribution in [0.2, 0.25) is 0 Å². The Morgan fingerprint density at radius 3 is 2.71 bits per heavy atom. The lowest BCUT2D eigenvalue weighted by Crippen LogP contribution is -2.06. The molecule has 1 rings (SSSR count). The molecule has 1 heterocycles. The number of thiazole rings is 1. The first-order valence-corrected chi connectivity index (χ1v) is 6.36. The molecular weight excluding hydrogens is 252 g/mol. The molecule has 9 heteroatoms. The minimum absolute atomic E-state index is 0.0598. The summed E-state index contributed by atoms with van der Waals surface area (Å²) in [6.45, 7) is 0. The van der Waals surface area contributed by atoms with Crippen LogP contribution in [0.4, 0.5) is 5.00 Å². The van der Waals surface area contributed by atoms with E-state index in [1.54, 1.807) is 0 Å². The summed E-state index contributed by atoms with van der Waals surface area (Å²) in [4.78, 5) is 13.0. The van der Waals surface area contributed by atoms with Crippen LogP contribution in [0.1, 0.15) is 0 Å². The predicted octanol–water partition coefficient (Wildman–Crippen LogP) is 1.06. The molecule has 6 nitrogen and oxygen atoms in total. The van der Waals surface area contributed by atoms with Crippen LogP contribution in [-0.2, 0) is 9.84 Å². The average Bonchev–Trinajstić information content (AvgIpc) is 2.51. The molecule has 0 amide bonds. The molecule has 0 radical (unpaired) electrons. The van der Waals surface area contributed by atoms with Gasteiger partial charge in [0.25, 0.3) is 0 Å². The summed E-state index contributed by atoms with van der Waals surface area (Å²) >= 11 is 5.80. The third-order valence-corrected chi connectivity index (χ3v) is 4.81. The molecule has 78 valence electrons. The van der Waals surface area contributed by atoms with Crippen molar-refractivity contribution in [1.82, 2.24) is 4.98 Å². The third-order valence-electron chi connectivity index (χ3n) is 1.26. The largest absolute Gasteiger partial charge is 0.344 e. The van der Waals surface area contributed by atoms with Gasteiger partial charge in [-0.05, 0) is 11.3 Å². The maximum atomic E-state index is 11.3. The monoisotopic (exact) mass is 256 g/mol. The second-order valence-electron chi connectivity index (χ2n) is 2.23. The van der Waals surface area contributed by atoms with Gasteiger partial charge in [0.1, 0.15) is 6.20 Å². The highest BCUT2D eigenvalue weighted by Crippen LogP contribution is 2.25. The Kier molecular flexibility index (Phi) is 3.40. The van der Waals surface area contributed by atoms with E-state index in [1.165, 1.54) is 0 Å². The number of aromatic nitrogens is 1. The van der Waals surface area contributed by atoms with Crippen LogP contribution in [-0.4, -0.2) is 30.0 Å². The van der Waals surface area contributed by atoms with Crippen molar-refractivity contribution in [3.63, 3.8) is 0 Å². The van der Waals surface area contributed by atoms with Crippen LogP contribution in [0, 0.1) is 10.1 Å². The van der Waals surface area contributed by atoms with Gasteiger partial charge in [0.2, 0.25) is 14.2 Å². The van der Waals surface area contributed by atoms with Gasteiger partial charge in [-0.1, -0.05) is 0 Å². The van der Waals surface area contributed by atoms with Crippen LogP contribution < -0.4 is 0 Å². The molecule has 0 saturated carbocycles. The number of nitrogens with zero attached hydrogens (tertiary/aromatic N) is 2. The van der Waals surface area contributed by atoms with Crippen LogP contribution in [0.15, 0.2) is 10.5 Å². The lowest BCUT2D eigenvalue weighted by atomic mass is 10.9. The van der Waals surface area contributed by atoms with Crippen molar-refractivity contribution in [2.24, 2.45) is 0 Å². The van der Waals surface area contributed by atoms with Gasteiger partial charge in [-0.3, -0.25) is 10.1 Å². The van der Waals surface area contributed by atoms with Gasteiger partial charge >= 0.3 is 5.00 Å². The Hall–Kier alpha value is -0.730. The topological polar surface area (TPSA) is 90.2 Å².